The van der Waals surface area contributed by atoms with E-state index in [1.807, 2.05) is 42.2 Å². The summed E-state index contributed by atoms with van der Waals surface area (Å²) < 4.78 is 11.1. The third-order valence-corrected chi connectivity index (χ3v) is 4.26. The minimum absolute atomic E-state index is 0.00649. The lowest BCUT2D eigenvalue weighted by Crippen LogP contribution is -2.43. The number of hydrogen-bond acceptors (Lipinski definition) is 5. The molecule has 0 N–H and O–H groups in total. The number of rotatable bonds is 5. The molecule has 0 radical (unpaired) electrons. The van der Waals surface area contributed by atoms with Crippen LogP contribution in [0.15, 0.2) is 42.6 Å². The summed E-state index contributed by atoms with van der Waals surface area (Å²) in [5, 5.41) is 0. The smallest absolute Gasteiger partial charge is 0.246 e. The molecule has 0 spiro atoms. The lowest BCUT2D eigenvalue weighted by molar-refractivity contribution is -0.128. The first-order chi connectivity index (χ1) is 12.6. The van der Waals surface area contributed by atoms with Gasteiger partial charge in [-0.1, -0.05) is 12.1 Å². The van der Waals surface area contributed by atoms with Crippen molar-refractivity contribution in [2.75, 3.05) is 20.2 Å². The predicted molar refractivity (Wildman–Crippen MR) is 99.0 cm³/mol. The van der Waals surface area contributed by atoms with Crippen LogP contribution in [0.1, 0.15) is 24.2 Å². The lowest BCUT2D eigenvalue weighted by Gasteiger charge is -2.32. The highest BCUT2D eigenvalue weighted by atomic mass is 16.5. The van der Waals surface area contributed by atoms with Gasteiger partial charge in [-0.25, -0.2) is 4.98 Å². The summed E-state index contributed by atoms with van der Waals surface area (Å²) >= 11 is 0. The van der Waals surface area contributed by atoms with E-state index in [2.05, 4.69) is 9.97 Å². The number of hydrogen-bond donors (Lipinski definition) is 0. The normalized spacial score (nSPS) is 17.3. The Morgan fingerprint density at radius 3 is 2.81 bits per heavy atom. The molecule has 26 heavy (non-hydrogen) atoms. The minimum atomic E-state index is -0.0450. The van der Waals surface area contributed by atoms with Gasteiger partial charge >= 0.3 is 0 Å². The van der Waals surface area contributed by atoms with Gasteiger partial charge in [0.1, 0.15) is 17.7 Å². The quantitative estimate of drug-likeness (QED) is 0.774. The van der Waals surface area contributed by atoms with Crippen molar-refractivity contribution >= 4 is 12.0 Å². The van der Waals surface area contributed by atoms with Gasteiger partial charge in [-0.3, -0.25) is 4.79 Å². The molecular formula is C20H23N3O3. The molecule has 0 bridgehead atoms. The largest absolute Gasteiger partial charge is 0.497 e. The van der Waals surface area contributed by atoms with Gasteiger partial charge in [0.25, 0.3) is 0 Å². The summed E-state index contributed by atoms with van der Waals surface area (Å²) in [6, 6.07) is 9.33. The van der Waals surface area contributed by atoms with Gasteiger partial charge in [0.15, 0.2) is 0 Å². The predicted octanol–water partition coefficient (Wildman–Crippen LogP) is 2.88. The average molecular weight is 353 g/mol. The summed E-state index contributed by atoms with van der Waals surface area (Å²) in [6.45, 7) is 3.14. The van der Waals surface area contributed by atoms with Crippen molar-refractivity contribution in [3.63, 3.8) is 0 Å². The summed E-state index contributed by atoms with van der Waals surface area (Å²) in [7, 11) is 1.63. The van der Waals surface area contributed by atoms with Crippen LogP contribution in [0.3, 0.4) is 0 Å². The first kappa shape index (κ1) is 17.9. The molecular weight excluding hydrogens is 330 g/mol. The molecule has 2 aromatic rings. The Balaban J connectivity index is 1.57. The van der Waals surface area contributed by atoms with Crippen LogP contribution in [0, 0.1) is 6.92 Å². The van der Waals surface area contributed by atoms with Gasteiger partial charge < -0.3 is 14.4 Å². The molecule has 6 nitrogen and oxygen atoms in total. The van der Waals surface area contributed by atoms with Gasteiger partial charge in [0.05, 0.1) is 13.7 Å². The molecule has 1 aliphatic rings. The number of aromatic nitrogens is 2. The van der Waals surface area contributed by atoms with E-state index in [1.54, 1.807) is 25.4 Å². The van der Waals surface area contributed by atoms with E-state index in [9.17, 15) is 4.79 Å². The monoisotopic (exact) mass is 353 g/mol. The number of benzene rings is 1. The Labute approximate surface area is 153 Å². The van der Waals surface area contributed by atoms with Gasteiger partial charge in [-0.15, -0.1) is 0 Å². The van der Waals surface area contributed by atoms with Gasteiger partial charge in [-0.05, 0) is 43.5 Å². The second-order valence-electron chi connectivity index (χ2n) is 6.21. The molecule has 1 saturated heterocycles. The van der Waals surface area contributed by atoms with Crippen LogP contribution in [0.4, 0.5) is 0 Å². The van der Waals surface area contributed by atoms with Crippen molar-refractivity contribution < 1.29 is 14.3 Å². The number of carbonyl (C=O) groups is 1. The average Bonchev–Trinajstić information content (AvgIpc) is 2.67. The Kier molecular flexibility index (Phi) is 5.84. The van der Waals surface area contributed by atoms with Crippen LogP contribution < -0.4 is 9.47 Å². The Hall–Kier alpha value is -2.89. The van der Waals surface area contributed by atoms with Gasteiger partial charge in [0, 0.05) is 24.9 Å². The molecule has 6 heteroatoms. The van der Waals surface area contributed by atoms with Crippen molar-refractivity contribution in [2.45, 2.75) is 25.9 Å². The van der Waals surface area contributed by atoms with Crippen molar-refractivity contribution in [1.82, 2.24) is 14.9 Å². The van der Waals surface area contributed by atoms with E-state index < -0.39 is 0 Å². The molecule has 1 aromatic carbocycles. The van der Waals surface area contributed by atoms with E-state index in [4.69, 9.17) is 9.47 Å². The number of piperidine rings is 1. The zero-order valence-electron chi connectivity index (χ0n) is 15.1. The highest BCUT2D eigenvalue weighted by molar-refractivity contribution is 5.91. The lowest BCUT2D eigenvalue weighted by atomic mass is 10.1. The molecule has 1 atom stereocenters. The summed E-state index contributed by atoms with van der Waals surface area (Å²) in [4.78, 5) is 22.6. The number of methoxy groups -OCH3 is 1. The minimum Gasteiger partial charge on any atom is -0.497 e. The van der Waals surface area contributed by atoms with Crippen LogP contribution >= 0.6 is 0 Å². The zero-order valence-corrected chi connectivity index (χ0v) is 15.1. The highest BCUT2D eigenvalue weighted by Gasteiger charge is 2.24. The maximum atomic E-state index is 12.5. The molecule has 3 rings (SSSR count). The second kappa shape index (κ2) is 8.47. The van der Waals surface area contributed by atoms with Crippen LogP contribution in [0.25, 0.3) is 6.08 Å². The first-order valence-electron chi connectivity index (χ1n) is 8.71. The molecule has 1 aromatic heterocycles. The summed E-state index contributed by atoms with van der Waals surface area (Å²) in [5.74, 6) is 2.02. The maximum Gasteiger partial charge on any atom is 0.246 e. The molecule has 136 valence electrons. The fourth-order valence-electron chi connectivity index (χ4n) is 2.89. The number of amides is 1. The number of likely N-dealkylation sites (tertiary alicyclic amines) is 1. The van der Waals surface area contributed by atoms with Crippen molar-refractivity contribution in [3.05, 3.63) is 54.0 Å². The molecule has 1 fully saturated rings. The van der Waals surface area contributed by atoms with Gasteiger partial charge in [-0.2, -0.15) is 4.98 Å². The molecule has 2 heterocycles. The third kappa shape index (κ3) is 4.81. The van der Waals surface area contributed by atoms with Crippen LogP contribution in [-0.2, 0) is 4.79 Å². The van der Waals surface area contributed by atoms with E-state index in [0.717, 1.165) is 30.7 Å². The van der Waals surface area contributed by atoms with Crippen molar-refractivity contribution in [2.24, 2.45) is 0 Å². The topological polar surface area (TPSA) is 64.5 Å². The van der Waals surface area contributed by atoms with E-state index in [1.165, 1.54) is 0 Å². The summed E-state index contributed by atoms with van der Waals surface area (Å²) in [5.41, 5.74) is 0.959. The molecule has 1 aliphatic heterocycles. The Morgan fingerprint density at radius 2 is 2.08 bits per heavy atom. The van der Waals surface area contributed by atoms with Crippen LogP contribution in [0.2, 0.25) is 0 Å². The fourth-order valence-corrected chi connectivity index (χ4v) is 2.89. The number of ether oxygens (including phenoxy) is 2. The standard InChI is InChI=1S/C20H23N3O3/c1-15-21-12-11-19(22-15)26-18-4-3-13-23(14-18)20(24)10-7-16-5-8-17(25-2)9-6-16/h5-12,18H,3-4,13-14H2,1-2H3/b10-7+. The van der Waals surface area contributed by atoms with Crippen LogP contribution in [0.5, 0.6) is 11.6 Å². The maximum absolute atomic E-state index is 12.5. The molecule has 1 unspecified atom stereocenters. The number of carbonyl (C=O) groups excluding carboxylic acids is 1. The number of aryl methyl sites for hydroxylation is 1. The zero-order chi connectivity index (χ0) is 18.4. The van der Waals surface area contributed by atoms with E-state index in [0.29, 0.717) is 18.2 Å². The SMILES string of the molecule is COc1ccc(/C=C/C(=O)N2CCCC(Oc3ccnc(C)n3)C2)cc1. The van der Waals surface area contributed by atoms with Crippen LogP contribution in [-0.4, -0.2) is 47.1 Å². The van der Waals surface area contributed by atoms with E-state index >= 15 is 0 Å². The van der Waals surface area contributed by atoms with Crippen molar-refractivity contribution in [3.8, 4) is 11.6 Å². The molecule has 0 saturated carbocycles. The highest BCUT2D eigenvalue weighted by Crippen LogP contribution is 2.17. The second-order valence-corrected chi connectivity index (χ2v) is 6.21. The molecule has 1 amide bonds. The Morgan fingerprint density at radius 1 is 1.27 bits per heavy atom. The molecule has 0 aliphatic carbocycles. The number of nitrogens with zero attached hydrogens (tertiary/aromatic N) is 3. The van der Waals surface area contributed by atoms with Crippen molar-refractivity contribution in [1.29, 1.82) is 0 Å². The van der Waals surface area contributed by atoms with E-state index in [-0.39, 0.29) is 12.0 Å². The summed E-state index contributed by atoms with van der Waals surface area (Å²) in [6.07, 6.45) is 6.89. The Bertz CT molecular complexity index is 774. The fraction of sp³-hybridized carbons (Fsp3) is 0.350. The van der Waals surface area contributed by atoms with Gasteiger partial charge in [0.2, 0.25) is 11.8 Å². The first-order valence-corrected chi connectivity index (χ1v) is 8.71. The third-order valence-electron chi connectivity index (χ3n) is 4.26.